The van der Waals surface area contributed by atoms with E-state index < -0.39 is 11.6 Å². The molecule has 0 aromatic rings. The van der Waals surface area contributed by atoms with Crippen molar-refractivity contribution in [2.45, 2.75) is 71.1 Å². The number of carbonyl (C=O) groups is 1. The van der Waals surface area contributed by atoms with Crippen LogP contribution in [0.4, 0.5) is 4.39 Å². The minimum atomic E-state index is -1.25. The van der Waals surface area contributed by atoms with E-state index in [-0.39, 0.29) is 23.2 Å². The lowest BCUT2D eigenvalue weighted by Gasteiger charge is -2.56. The lowest BCUT2D eigenvalue weighted by molar-refractivity contribution is -0.134. The van der Waals surface area contributed by atoms with Gasteiger partial charge < -0.3 is 5.11 Å². The van der Waals surface area contributed by atoms with Crippen molar-refractivity contribution in [1.29, 1.82) is 0 Å². The zero-order valence-electron chi connectivity index (χ0n) is 13.6. The Labute approximate surface area is 132 Å². The Kier molecular flexibility index (Phi) is 3.15. The number of ketones is 1. The van der Waals surface area contributed by atoms with Crippen LogP contribution >= 0.6 is 0 Å². The normalized spacial score (nSPS) is 54.3. The third-order valence-electron chi connectivity index (χ3n) is 7.76. The zero-order valence-corrected chi connectivity index (χ0v) is 13.6. The van der Waals surface area contributed by atoms with E-state index in [1.807, 2.05) is 6.92 Å². The minimum absolute atomic E-state index is 0.0688. The number of halogens is 1. The molecule has 122 valence electrons. The molecular formula is C19H27FO2. The highest BCUT2D eigenvalue weighted by molar-refractivity contribution is 5.91. The van der Waals surface area contributed by atoms with Crippen LogP contribution in [-0.2, 0) is 4.79 Å². The van der Waals surface area contributed by atoms with Gasteiger partial charge in [0.1, 0.15) is 0 Å². The Morgan fingerprint density at radius 2 is 1.95 bits per heavy atom. The van der Waals surface area contributed by atoms with Crippen LogP contribution in [0.1, 0.15) is 58.8 Å². The third-order valence-corrected chi connectivity index (χ3v) is 7.76. The van der Waals surface area contributed by atoms with E-state index in [0.717, 1.165) is 38.5 Å². The van der Waals surface area contributed by atoms with Crippen LogP contribution in [0.15, 0.2) is 11.6 Å². The number of Topliss-reactive ketones (excluding diaryl/α,β-unsaturated/α-hetero) is 1. The highest BCUT2D eigenvalue weighted by atomic mass is 19.1. The maximum absolute atomic E-state index is 14.1. The standard InChI is InChI=1S/C19H27FO2/c1-18-8-3-4-16(21)13(18)6-5-11-12(18)7-9-19(2)14(11)10-15(20)17(19)22/h6,11-12,14-16,21H,3-5,7-10H2,1-2H3/t11-,12-,14+,15?,16?,18-,19+/m1/s1. The molecule has 1 N–H and O–H groups in total. The van der Waals surface area contributed by atoms with E-state index in [1.165, 1.54) is 5.57 Å². The number of hydrogen-bond donors (Lipinski definition) is 1. The predicted octanol–water partition coefficient (Wildman–Crippen LogP) is 3.83. The first-order valence-corrected chi connectivity index (χ1v) is 8.95. The second kappa shape index (κ2) is 4.66. The Morgan fingerprint density at radius 3 is 2.73 bits per heavy atom. The van der Waals surface area contributed by atoms with Crippen LogP contribution in [0.25, 0.3) is 0 Å². The van der Waals surface area contributed by atoms with E-state index in [1.54, 1.807) is 0 Å². The van der Waals surface area contributed by atoms with Gasteiger partial charge in [-0.15, -0.1) is 0 Å². The second-order valence-electron chi connectivity index (χ2n) is 8.62. The average molecular weight is 306 g/mol. The van der Waals surface area contributed by atoms with Crippen molar-refractivity contribution in [3.8, 4) is 0 Å². The fourth-order valence-electron chi connectivity index (χ4n) is 6.53. The maximum atomic E-state index is 14.1. The molecule has 0 spiro atoms. The molecule has 2 nitrogen and oxygen atoms in total. The predicted molar refractivity (Wildman–Crippen MR) is 83.0 cm³/mol. The van der Waals surface area contributed by atoms with Crippen molar-refractivity contribution in [2.24, 2.45) is 28.6 Å². The highest BCUT2D eigenvalue weighted by Crippen LogP contribution is 2.64. The number of fused-ring (bicyclic) bond motifs is 5. The SMILES string of the molecule is C[C@]12CCCC(O)C1=CC[C@@H]1[C@H]2CC[C@]2(C)C(=O)C(F)C[C@@H]12. The molecule has 7 atom stereocenters. The van der Waals surface area contributed by atoms with Gasteiger partial charge in [-0.05, 0) is 73.7 Å². The Bertz CT molecular complexity index is 542. The fourth-order valence-corrected chi connectivity index (χ4v) is 6.53. The highest BCUT2D eigenvalue weighted by Gasteiger charge is 2.61. The van der Waals surface area contributed by atoms with E-state index in [2.05, 4.69) is 13.0 Å². The molecule has 4 aliphatic rings. The first-order chi connectivity index (χ1) is 10.4. The quantitative estimate of drug-likeness (QED) is 0.691. The maximum Gasteiger partial charge on any atom is 0.173 e. The van der Waals surface area contributed by atoms with Crippen LogP contribution in [0.5, 0.6) is 0 Å². The van der Waals surface area contributed by atoms with Crippen molar-refractivity contribution >= 4 is 5.78 Å². The van der Waals surface area contributed by atoms with Gasteiger partial charge in [-0.1, -0.05) is 19.9 Å². The van der Waals surface area contributed by atoms with Gasteiger partial charge in [-0.25, -0.2) is 4.39 Å². The van der Waals surface area contributed by atoms with Gasteiger partial charge in [0.2, 0.25) is 0 Å². The van der Waals surface area contributed by atoms with E-state index in [4.69, 9.17) is 0 Å². The molecule has 2 unspecified atom stereocenters. The molecule has 0 aromatic carbocycles. The first-order valence-electron chi connectivity index (χ1n) is 8.95. The summed E-state index contributed by atoms with van der Waals surface area (Å²) in [5.74, 6) is 0.989. The molecule has 0 heterocycles. The third kappa shape index (κ3) is 1.72. The first kappa shape index (κ1) is 14.9. The molecule has 0 saturated heterocycles. The molecule has 3 saturated carbocycles. The summed E-state index contributed by atoms with van der Waals surface area (Å²) in [6.07, 6.45) is 6.99. The largest absolute Gasteiger partial charge is 0.389 e. The lowest BCUT2D eigenvalue weighted by Crippen LogP contribution is -2.51. The van der Waals surface area contributed by atoms with E-state index in [0.29, 0.717) is 18.3 Å². The molecule has 3 fully saturated rings. The number of aliphatic hydroxyl groups excluding tert-OH is 1. The zero-order chi connectivity index (χ0) is 15.7. The number of aliphatic hydroxyl groups is 1. The number of allylic oxidation sites excluding steroid dienone is 1. The van der Waals surface area contributed by atoms with Crippen molar-refractivity contribution in [3.05, 3.63) is 11.6 Å². The Hall–Kier alpha value is -0.700. The van der Waals surface area contributed by atoms with Gasteiger partial charge in [-0.3, -0.25) is 4.79 Å². The molecule has 4 rings (SSSR count). The smallest absolute Gasteiger partial charge is 0.173 e. The molecule has 0 amide bonds. The number of carbonyl (C=O) groups excluding carboxylic acids is 1. The monoisotopic (exact) mass is 306 g/mol. The summed E-state index contributed by atoms with van der Waals surface area (Å²) in [4.78, 5) is 12.3. The summed E-state index contributed by atoms with van der Waals surface area (Å²) in [5.41, 5.74) is 0.874. The molecule has 22 heavy (non-hydrogen) atoms. The van der Waals surface area contributed by atoms with Crippen molar-refractivity contribution in [2.75, 3.05) is 0 Å². The topological polar surface area (TPSA) is 37.3 Å². The van der Waals surface area contributed by atoms with Gasteiger partial charge in [0.15, 0.2) is 12.0 Å². The van der Waals surface area contributed by atoms with Crippen molar-refractivity contribution < 1.29 is 14.3 Å². The number of alkyl halides is 1. The summed E-state index contributed by atoms with van der Waals surface area (Å²) in [6.45, 7) is 4.32. The molecular weight excluding hydrogens is 279 g/mol. The average Bonchev–Trinajstić information content (AvgIpc) is 2.71. The van der Waals surface area contributed by atoms with Gasteiger partial charge in [0.05, 0.1) is 6.10 Å². The number of hydrogen-bond acceptors (Lipinski definition) is 2. The minimum Gasteiger partial charge on any atom is -0.389 e. The summed E-state index contributed by atoms with van der Waals surface area (Å²) in [5, 5.41) is 10.4. The van der Waals surface area contributed by atoms with E-state index >= 15 is 0 Å². The fraction of sp³-hybridized carbons (Fsp3) is 0.842. The summed E-state index contributed by atoms with van der Waals surface area (Å²) >= 11 is 0. The van der Waals surface area contributed by atoms with Gasteiger partial charge in [0, 0.05) is 5.41 Å². The van der Waals surface area contributed by atoms with Gasteiger partial charge in [0.25, 0.3) is 0 Å². The summed E-state index contributed by atoms with van der Waals surface area (Å²) < 4.78 is 14.1. The van der Waals surface area contributed by atoms with Crippen LogP contribution in [-0.4, -0.2) is 23.2 Å². The van der Waals surface area contributed by atoms with Crippen LogP contribution < -0.4 is 0 Å². The van der Waals surface area contributed by atoms with Gasteiger partial charge in [-0.2, -0.15) is 0 Å². The molecule has 0 aliphatic heterocycles. The Balaban J connectivity index is 1.72. The van der Waals surface area contributed by atoms with E-state index in [9.17, 15) is 14.3 Å². The molecule has 3 heteroatoms. The van der Waals surface area contributed by atoms with Crippen LogP contribution in [0.2, 0.25) is 0 Å². The Morgan fingerprint density at radius 1 is 1.18 bits per heavy atom. The van der Waals surface area contributed by atoms with Crippen molar-refractivity contribution in [3.63, 3.8) is 0 Å². The summed E-state index contributed by atoms with van der Waals surface area (Å²) in [6, 6.07) is 0. The van der Waals surface area contributed by atoms with Crippen LogP contribution in [0, 0.1) is 28.6 Å². The molecule has 0 aromatic heterocycles. The number of rotatable bonds is 0. The molecule has 0 radical (unpaired) electrons. The van der Waals surface area contributed by atoms with Crippen LogP contribution in [0.3, 0.4) is 0 Å². The molecule has 4 aliphatic carbocycles. The second-order valence-corrected chi connectivity index (χ2v) is 8.62. The van der Waals surface area contributed by atoms with Gasteiger partial charge >= 0.3 is 0 Å². The lowest BCUT2D eigenvalue weighted by atomic mass is 9.48. The molecule has 0 bridgehead atoms. The summed E-state index contributed by atoms with van der Waals surface area (Å²) in [7, 11) is 0. The van der Waals surface area contributed by atoms with Crippen molar-refractivity contribution in [1.82, 2.24) is 0 Å².